The molecule has 0 saturated carbocycles. The summed E-state index contributed by atoms with van der Waals surface area (Å²) in [6.45, 7) is 6.00. The van der Waals surface area contributed by atoms with Crippen molar-refractivity contribution in [1.82, 2.24) is 9.97 Å². The Balaban J connectivity index is 1.84. The maximum absolute atomic E-state index is 12.6. The standard InChI is InChI=1S/C21H17BrF3N3O/c1-12-6-7-16(9-17(12)14-5-3-4-13(2)18(22)8-14)28-19(29)15-10-26-20(27-11-15)21(23,24)25/h3,5-11,18H,2,4H2,1H3,(H,28,29). The predicted octanol–water partition coefficient (Wildman–Crippen LogP) is 5.72. The van der Waals surface area contributed by atoms with E-state index in [9.17, 15) is 18.0 Å². The third-order valence-electron chi connectivity index (χ3n) is 4.37. The van der Waals surface area contributed by atoms with Gasteiger partial charge in [0.2, 0.25) is 5.82 Å². The summed E-state index contributed by atoms with van der Waals surface area (Å²) in [7, 11) is 0. The van der Waals surface area contributed by atoms with Crippen LogP contribution in [0.4, 0.5) is 18.9 Å². The number of hydrogen-bond acceptors (Lipinski definition) is 3. The van der Waals surface area contributed by atoms with E-state index in [1.807, 2.05) is 37.3 Å². The number of amides is 1. The minimum absolute atomic E-state index is 0.0365. The molecule has 1 unspecified atom stereocenters. The van der Waals surface area contributed by atoms with Crippen molar-refractivity contribution in [1.29, 1.82) is 0 Å². The lowest BCUT2D eigenvalue weighted by atomic mass is 9.98. The second kappa shape index (κ2) is 8.32. The number of alkyl halides is 4. The molecule has 3 rings (SSSR count). The highest BCUT2D eigenvalue weighted by Crippen LogP contribution is 2.30. The fourth-order valence-corrected chi connectivity index (χ4v) is 3.24. The largest absolute Gasteiger partial charge is 0.451 e. The van der Waals surface area contributed by atoms with Crippen LogP contribution in [0.1, 0.15) is 33.7 Å². The van der Waals surface area contributed by atoms with Crippen molar-refractivity contribution >= 4 is 33.1 Å². The van der Waals surface area contributed by atoms with Crippen molar-refractivity contribution in [2.45, 2.75) is 24.3 Å². The number of rotatable bonds is 3. The quantitative estimate of drug-likeness (QED) is 0.467. The Kier molecular flexibility index (Phi) is 6.02. The van der Waals surface area contributed by atoms with Crippen molar-refractivity contribution in [3.05, 3.63) is 83.5 Å². The highest BCUT2D eigenvalue weighted by molar-refractivity contribution is 9.09. The lowest BCUT2D eigenvalue weighted by molar-refractivity contribution is -0.145. The topological polar surface area (TPSA) is 54.9 Å². The number of aromatic nitrogens is 2. The van der Waals surface area contributed by atoms with Crippen LogP contribution in [0.25, 0.3) is 5.57 Å². The average molecular weight is 464 g/mol. The Labute approximate surface area is 174 Å². The zero-order valence-corrected chi connectivity index (χ0v) is 17.0. The van der Waals surface area contributed by atoms with Gasteiger partial charge in [-0.25, -0.2) is 9.97 Å². The molecule has 29 heavy (non-hydrogen) atoms. The Bertz CT molecular complexity index is 1010. The number of nitrogens with zero attached hydrogens (tertiary/aromatic N) is 2. The molecule has 1 N–H and O–H groups in total. The molecule has 1 heterocycles. The molecule has 1 aliphatic carbocycles. The molecule has 8 heteroatoms. The number of halogens is 4. The first kappa shape index (κ1) is 21.0. The molecule has 0 radical (unpaired) electrons. The molecule has 0 spiro atoms. The van der Waals surface area contributed by atoms with Gasteiger partial charge in [-0.15, -0.1) is 0 Å². The van der Waals surface area contributed by atoms with Crippen molar-refractivity contribution < 1.29 is 18.0 Å². The smallest absolute Gasteiger partial charge is 0.322 e. The molecule has 1 aliphatic rings. The molecule has 0 fully saturated rings. The van der Waals surface area contributed by atoms with E-state index in [1.54, 1.807) is 6.07 Å². The summed E-state index contributed by atoms with van der Waals surface area (Å²) in [5.74, 6) is -1.88. The van der Waals surface area contributed by atoms with Crippen LogP contribution in [-0.4, -0.2) is 20.7 Å². The van der Waals surface area contributed by atoms with Gasteiger partial charge in [-0.3, -0.25) is 4.79 Å². The van der Waals surface area contributed by atoms with Crippen molar-refractivity contribution in [3.63, 3.8) is 0 Å². The Hall–Kier alpha value is -2.74. The average Bonchev–Trinajstić information content (AvgIpc) is 2.84. The van der Waals surface area contributed by atoms with Gasteiger partial charge in [0.05, 0.1) is 10.4 Å². The minimum atomic E-state index is -4.65. The third-order valence-corrected chi connectivity index (χ3v) is 5.28. The molecule has 1 amide bonds. The molecule has 0 bridgehead atoms. The van der Waals surface area contributed by atoms with E-state index in [0.29, 0.717) is 5.69 Å². The van der Waals surface area contributed by atoms with Gasteiger partial charge in [0.1, 0.15) is 0 Å². The van der Waals surface area contributed by atoms with E-state index < -0.39 is 17.9 Å². The van der Waals surface area contributed by atoms with E-state index in [4.69, 9.17) is 0 Å². The second-order valence-corrected chi connectivity index (χ2v) is 7.55. The SMILES string of the molecule is C=C1CC=CC(c2cc(NC(=O)c3cnc(C(F)(F)F)nc3)ccc2C)=CC1Br. The van der Waals surface area contributed by atoms with Crippen LogP contribution in [0.5, 0.6) is 0 Å². The summed E-state index contributed by atoms with van der Waals surface area (Å²) in [6.07, 6.45) is 3.90. The summed E-state index contributed by atoms with van der Waals surface area (Å²) >= 11 is 3.60. The van der Waals surface area contributed by atoms with E-state index >= 15 is 0 Å². The van der Waals surface area contributed by atoms with Crippen LogP contribution >= 0.6 is 15.9 Å². The first-order valence-corrected chi connectivity index (χ1v) is 9.58. The maximum Gasteiger partial charge on any atom is 0.451 e. The number of aryl methyl sites for hydroxylation is 1. The van der Waals surface area contributed by atoms with Gasteiger partial charge in [-0.1, -0.05) is 52.4 Å². The van der Waals surface area contributed by atoms with Crippen molar-refractivity contribution in [2.24, 2.45) is 0 Å². The van der Waals surface area contributed by atoms with Gasteiger partial charge in [0.15, 0.2) is 0 Å². The zero-order valence-electron chi connectivity index (χ0n) is 15.4. The summed E-state index contributed by atoms with van der Waals surface area (Å²) < 4.78 is 37.7. The van der Waals surface area contributed by atoms with E-state index in [0.717, 1.165) is 41.1 Å². The highest BCUT2D eigenvalue weighted by atomic mass is 79.9. The van der Waals surface area contributed by atoms with Crippen LogP contribution in [0.2, 0.25) is 0 Å². The zero-order chi connectivity index (χ0) is 21.2. The van der Waals surface area contributed by atoms with Crippen molar-refractivity contribution in [2.75, 3.05) is 5.32 Å². The van der Waals surface area contributed by atoms with Gasteiger partial charge in [-0.05, 0) is 42.2 Å². The second-order valence-electron chi connectivity index (χ2n) is 6.57. The summed E-state index contributed by atoms with van der Waals surface area (Å²) in [5.41, 5.74) is 4.42. The Morgan fingerprint density at radius 2 is 1.97 bits per heavy atom. The number of carbonyl (C=O) groups excluding carboxylic acids is 1. The molecule has 4 nitrogen and oxygen atoms in total. The van der Waals surface area contributed by atoms with Crippen molar-refractivity contribution in [3.8, 4) is 0 Å². The molecule has 2 aromatic rings. The first-order valence-electron chi connectivity index (χ1n) is 8.67. The van der Waals surface area contributed by atoms with Crippen LogP contribution in [-0.2, 0) is 6.18 Å². The number of hydrogen-bond donors (Lipinski definition) is 1. The van der Waals surface area contributed by atoms with Gasteiger partial charge >= 0.3 is 6.18 Å². The monoisotopic (exact) mass is 463 g/mol. The molecule has 0 aliphatic heterocycles. The number of anilines is 1. The van der Waals surface area contributed by atoms with E-state index in [1.165, 1.54) is 0 Å². The lowest BCUT2D eigenvalue weighted by Gasteiger charge is -2.12. The first-order chi connectivity index (χ1) is 13.6. The molecular weight excluding hydrogens is 447 g/mol. The molecule has 1 aromatic carbocycles. The van der Waals surface area contributed by atoms with E-state index in [-0.39, 0.29) is 10.4 Å². The number of nitrogens with one attached hydrogen (secondary N) is 1. The molecule has 1 aromatic heterocycles. The van der Waals surface area contributed by atoms with Crippen LogP contribution in [0, 0.1) is 6.92 Å². The van der Waals surface area contributed by atoms with Crippen LogP contribution in [0.3, 0.4) is 0 Å². The van der Waals surface area contributed by atoms with Gasteiger partial charge in [0.25, 0.3) is 5.91 Å². The summed E-state index contributed by atoms with van der Waals surface area (Å²) in [5, 5.41) is 2.68. The number of benzene rings is 1. The summed E-state index contributed by atoms with van der Waals surface area (Å²) in [4.78, 5) is 18.8. The highest BCUT2D eigenvalue weighted by Gasteiger charge is 2.34. The molecule has 1 atom stereocenters. The molecule has 150 valence electrons. The lowest BCUT2D eigenvalue weighted by Crippen LogP contribution is -2.16. The van der Waals surface area contributed by atoms with Gasteiger partial charge in [0, 0.05) is 18.1 Å². The number of carbonyl (C=O) groups is 1. The molecule has 0 saturated heterocycles. The molecular formula is C21H17BrF3N3O. The fourth-order valence-electron chi connectivity index (χ4n) is 2.77. The fraction of sp³-hybridized carbons (Fsp3) is 0.190. The Morgan fingerprint density at radius 3 is 2.62 bits per heavy atom. The van der Waals surface area contributed by atoms with Gasteiger partial charge in [-0.2, -0.15) is 13.2 Å². The minimum Gasteiger partial charge on any atom is -0.322 e. The Morgan fingerprint density at radius 1 is 1.28 bits per heavy atom. The maximum atomic E-state index is 12.6. The normalized spacial score (nSPS) is 16.9. The number of allylic oxidation sites excluding steroid dienone is 5. The third kappa shape index (κ3) is 5.00. The van der Waals surface area contributed by atoms with Crippen LogP contribution in [0.15, 0.2) is 61.0 Å². The van der Waals surface area contributed by atoms with E-state index in [2.05, 4.69) is 37.8 Å². The predicted molar refractivity (Wildman–Crippen MR) is 110 cm³/mol. The summed E-state index contributed by atoms with van der Waals surface area (Å²) in [6, 6.07) is 5.42. The van der Waals surface area contributed by atoms with Crippen LogP contribution < -0.4 is 5.32 Å². The van der Waals surface area contributed by atoms with Gasteiger partial charge < -0.3 is 5.32 Å².